The molecule has 1 saturated heterocycles. The molecule has 1 aliphatic heterocycles. The molecule has 2 aromatic carbocycles. The molecule has 0 radical (unpaired) electrons. The highest BCUT2D eigenvalue weighted by atomic mass is 32.2. The van der Waals surface area contributed by atoms with E-state index in [1.54, 1.807) is 12.1 Å². The van der Waals surface area contributed by atoms with Crippen LogP contribution >= 0.6 is 0 Å². The summed E-state index contributed by atoms with van der Waals surface area (Å²) in [6.07, 6.45) is 1.17. The number of amides is 1. The molecule has 1 atom stereocenters. The van der Waals surface area contributed by atoms with Gasteiger partial charge in [-0.1, -0.05) is 17.7 Å². The van der Waals surface area contributed by atoms with E-state index < -0.39 is 26.2 Å². The maximum Gasteiger partial charge on any atom is 0.281 e. The van der Waals surface area contributed by atoms with Crippen LogP contribution in [0.5, 0.6) is 0 Å². The lowest BCUT2D eigenvalue weighted by Crippen LogP contribution is -2.47. The van der Waals surface area contributed by atoms with Crippen LogP contribution in [-0.4, -0.2) is 58.5 Å². The Morgan fingerprint density at radius 3 is 2.16 bits per heavy atom. The summed E-state index contributed by atoms with van der Waals surface area (Å²) in [6.45, 7) is 2.40. The first kappa shape index (κ1) is 24.2. The van der Waals surface area contributed by atoms with Crippen LogP contribution in [0.25, 0.3) is 0 Å². The molecule has 32 heavy (non-hydrogen) atoms. The zero-order valence-electron chi connectivity index (χ0n) is 18.3. The third kappa shape index (κ3) is 5.66. The summed E-state index contributed by atoms with van der Waals surface area (Å²) in [7, 11) is -4.42. The topological polar surface area (TPSA) is 116 Å². The average Bonchev–Trinajstić information content (AvgIpc) is 2.75. The Kier molecular flexibility index (Phi) is 7.23. The van der Waals surface area contributed by atoms with E-state index in [0.29, 0.717) is 30.8 Å². The molecule has 0 unspecified atom stereocenters. The Morgan fingerprint density at radius 1 is 0.969 bits per heavy atom. The van der Waals surface area contributed by atoms with Crippen molar-refractivity contribution in [3.05, 3.63) is 54.1 Å². The minimum atomic E-state index is -3.76. The van der Waals surface area contributed by atoms with Gasteiger partial charge in [0.25, 0.3) is 20.2 Å². The van der Waals surface area contributed by atoms with Gasteiger partial charge in [0.1, 0.15) is 0 Å². The highest BCUT2D eigenvalue weighted by molar-refractivity contribution is 7.92. The zero-order chi connectivity index (χ0) is 23.5. The number of benzene rings is 2. The fourth-order valence-corrected chi connectivity index (χ4v) is 5.64. The van der Waals surface area contributed by atoms with Gasteiger partial charge in [-0.3, -0.25) is 9.52 Å². The standard InChI is InChI=1S/C21H28N4O5S2/c1-16-6-8-19(9-7-16)23-31(27,28)20-12-10-18(11-13-20)22-21(26)17-5-4-14-25(15-17)32(29,30)24(2)3/h6-13,17,23H,4-5,14-15H2,1-3H3,(H,22,26)/t17-/m0/s1. The van der Waals surface area contributed by atoms with Crippen LogP contribution in [-0.2, 0) is 25.0 Å². The summed E-state index contributed by atoms with van der Waals surface area (Å²) in [5, 5.41) is 2.76. The van der Waals surface area contributed by atoms with Crippen LogP contribution in [0.15, 0.2) is 53.4 Å². The summed E-state index contributed by atoms with van der Waals surface area (Å²) in [6, 6.07) is 12.8. The summed E-state index contributed by atoms with van der Waals surface area (Å²) < 4.78 is 54.8. The molecule has 174 valence electrons. The van der Waals surface area contributed by atoms with Gasteiger partial charge in [0, 0.05) is 38.6 Å². The van der Waals surface area contributed by atoms with E-state index in [-0.39, 0.29) is 17.3 Å². The van der Waals surface area contributed by atoms with Crippen molar-refractivity contribution in [2.75, 3.05) is 37.2 Å². The first-order valence-corrected chi connectivity index (χ1v) is 13.0. The third-order valence-electron chi connectivity index (χ3n) is 5.28. The lowest BCUT2D eigenvalue weighted by atomic mass is 9.99. The molecule has 11 heteroatoms. The molecular weight excluding hydrogens is 452 g/mol. The van der Waals surface area contributed by atoms with Gasteiger partial charge in [0.05, 0.1) is 10.8 Å². The molecule has 0 aromatic heterocycles. The molecule has 3 rings (SSSR count). The van der Waals surface area contributed by atoms with E-state index in [1.165, 1.54) is 42.7 Å². The number of piperidine rings is 1. The maximum atomic E-state index is 12.7. The fourth-order valence-electron chi connectivity index (χ4n) is 3.39. The van der Waals surface area contributed by atoms with Crippen LogP contribution in [0.1, 0.15) is 18.4 Å². The number of anilines is 2. The second kappa shape index (κ2) is 9.57. The van der Waals surface area contributed by atoms with Gasteiger partial charge in [0.15, 0.2) is 0 Å². The van der Waals surface area contributed by atoms with Gasteiger partial charge in [-0.05, 0) is 56.2 Å². The second-order valence-corrected chi connectivity index (χ2v) is 11.8. The van der Waals surface area contributed by atoms with Crippen molar-refractivity contribution in [2.45, 2.75) is 24.7 Å². The van der Waals surface area contributed by atoms with Crippen LogP contribution in [0.4, 0.5) is 11.4 Å². The van der Waals surface area contributed by atoms with E-state index >= 15 is 0 Å². The molecular formula is C21H28N4O5S2. The number of sulfonamides is 1. The molecule has 1 fully saturated rings. The Balaban J connectivity index is 1.65. The van der Waals surface area contributed by atoms with Gasteiger partial charge >= 0.3 is 0 Å². The van der Waals surface area contributed by atoms with Crippen LogP contribution < -0.4 is 10.0 Å². The molecule has 2 N–H and O–H groups in total. The number of carbonyl (C=O) groups excluding carboxylic acids is 1. The van der Waals surface area contributed by atoms with Gasteiger partial charge in [0.2, 0.25) is 5.91 Å². The van der Waals surface area contributed by atoms with Gasteiger partial charge in [-0.15, -0.1) is 0 Å². The summed E-state index contributed by atoms with van der Waals surface area (Å²) >= 11 is 0. The molecule has 9 nitrogen and oxygen atoms in total. The van der Waals surface area contributed by atoms with Gasteiger partial charge < -0.3 is 5.32 Å². The number of hydrogen-bond acceptors (Lipinski definition) is 5. The summed E-state index contributed by atoms with van der Waals surface area (Å²) in [4.78, 5) is 12.8. The lowest BCUT2D eigenvalue weighted by Gasteiger charge is -2.32. The number of aryl methyl sites for hydroxylation is 1. The minimum absolute atomic E-state index is 0.0667. The van der Waals surface area contributed by atoms with Crippen molar-refractivity contribution < 1.29 is 21.6 Å². The Hall–Kier alpha value is -2.47. The smallest absolute Gasteiger partial charge is 0.281 e. The van der Waals surface area contributed by atoms with E-state index in [0.717, 1.165) is 9.87 Å². The quantitative estimate of drug-likeness (QED) is 0.631. The minimum Gasteiger partial charge on any atom is -0.326 e. The van der Waals surface area contributed by atoms with Gasteiger partial charge in [-0.25, -0.2) is 8.42 Å². The highest BCUT2D eigenvalue weighted by Gasteiger charge is 2.33. The predicted octanol–water partition coefficient (Wildman–Crippen LogP) is 2.25. The van der Waals surface area contributed by atoms with Crippen molar-refractivity contribution in [1.82, 2.24) is 8.61 Å². The second-order valence-electron chi connectivity index (χ2n) is 7.97. The molecule has 1 heterocycles. The Bertz CT molecular complexity index is 1160. The monoisotopic (exact) mass is 480 g/mol. The lowest BCUT2D eigenvalue weighted by molar-refractivity contribution is -0.120. The predicted molar refractivity (Wildman–Crippen MR) is 124 cm³/mol. The molecule has 2 aromatic rings. The van der Waals surface area contributed by atoms with E-state index in [9.17, 15) is 21.6 Å². The molecule has 1 amide bonds. The SMILES string of the molecule is Cc1ccc(NS(=O)(=O)c2ccc(NC(=O)[C@H]3CCCN(S(=O)(=O)N(C)C)C3)cc2)cc1. The van der Waals surface area contributed by atoms with Crippen molar-refractivity contribution in [3.8, 4) is 0 Å². The number of carbonyl (C=O) groups is 1. The first-order valence-electron chi connectivity index (χ1n) is 10.2. The number of nitrogens with one attached hydrogen (secondary N) is 2. The molecule has 0 bridgehead atoms. The largest absolute Gasteiger partial charge is 0.326 e. The van der Waals surface area contributed by atoms with E-state index in [1.807, 2.05) is 19.1 Å². The van der Waals surface area contributed by atoms with E-state index in [2.05, 4.69) is 10.0 Å². The zero-order valence-corrected chi connectivity index (χ0v) is 19.9. The number of rotatable bonds is 7. The third-order valence-corrected chi connectivity index (χ3v) is 8.58. The molecule has 0 aliphatic carbocycles. The van der Waals surface area contributed by atoms with Crippen LogP contribution in [0, 0.1) is 12.8 Å². The molecule has 0 spiro atoms. The fraction of sp³-hybridized carbons (Fsp3) is 0.381. The van der Waals surface area contributed by atoms with Crippen LogP contribution in [0.2, 0.25) is 0 Å². The Morgan fingerprint density at radius 2 is 1.56 bits per heavy atom. The Labute approximate surface area is 189 Å². The van der Waals surface area contributed by atoms with E-state index in [4.69, 9.17) is 0 Å². The van der Waals surface area contributed by atoms with Crippen LogP contribution in [0.3, 0.4) is 0 Å². The number of hydrogen-bond donors (Lipinski definition) is 2. The van der Waals surface area contributed by atoms with Crippen molar-refractivity contribution >= 4 is 37.5 Å². The number of nitrogens with zero attached hydrogens (tertiary/aromatic N) is 2. The summed E-state index contributed by atoms with van der Waals surface area (Å²) in [5.74, 6) is -0.776. The van der Waals surface area contributed by atoms with Crippen molar-refractivity contribution in [3.63, 3.8) is 0 Å². The normalized spacial score (nSPS) is 17.8. The van der Waals surface area contributed by atoms with Gasteiger partial charge in [-0.2, -0.15) is 17.0 Å². The molecule has 1 aliphatic rings. The summed E-state index contributed by atoms with van der Waals surface area (Å²) in [5.41, 5.74) is 1.92. The van der Waals surface area contributed by atoms with Crippen molar-refractivity contribution in [2.24, 2.45) is 5.92 Å². The van der Waals surface area contributed by atoms with Crippen molar-refractivity contribution in [1.29, 1.82) is 0 Å². The average molecular weight is 481 g/mol. The first-order chi connectivity index (χ1) is 15.0. The highest BCUT2D eigenvalue weighted by Crippen LogP contribution is 2.23. The maximum absolute atomic E-state index is 12.7. The molecule has 0 saturated carbocycles.